The molecular weight excluding hydrogens is 292 g/mol. The van der Waals surface area contributed by atoms with Gasteiger partial charge in [-0.3, -0.25) is 0 Å². The molecule has 1 fully saturated rings. The summed E-state index contributed by atoms with van der Waals surface area (Å²) in [4.78, 5) is 12.2. The average molecular weight is 312 g/mol. The first-order valence-corrected chi connectivity index (χ1v) is 6.90. The number of ether oxygens (including phenoxy) is 2. The Morgan fingerprint density at radius 2 is 1.73 bits per heavy atom. The Morgan fingerprint density at radius 3 is 2.27 bits per heavy atom. The van der Waals surface area contributed by atoms with E-state index in [0.717, 1.165) is 7.11 Å². The van der Waals surface area contributed by atoms with Crippen molar-refractivity contribution in [1.29, 1.82) is 0 Å². The minimum Gasteiger partial charge on any atom is -0.467 e. The van der Waals surface area contributed by atoms with E-state index in [4.69, 9.17) is 4.74 Å². The van der Waals surface area contributed by atoms with Crippen LogP contribution in [0.15, 0.2) is 30.3 Å². The summed E-state index contributed by atoms with van der Waals surface area (Å²) in [7, 11) is 1.10. The zero-order valence-corrected chi connectivity index (χ0v) is 12.3. The summed E-state index contributed by atoms with van der Waals surface area (Å²) in [5.74, 6) is -1.03. The summed E-state index contributed by atoms with van der Waals surface area (Å²) >= 11 is 0. The Hall–Kier alpha value is -1.51. The zero-order chi connectivity index (χ0) is 16.5. The molecule has 1 aliphatic rings. The number of methoxy groups -OCH3 is 1. The van der Waals surface area contributed by atoms with Crippen LogP contribution in [0.5, 0.6) is 0 Å². The van der Waals surface area contributed by atoms with E-state index in [-0.39, 0.29) is 5.56 Å². The van der Waals surface area contributed by atoms with Gasteiger partial charge in [-0.1, -0.05) is 30.3 Å². The SMILES string of the molecule is COC(=O)[C@@](O)(c1ccccc1)[C@H]1O[C@H](C)[C@@H](O)[C@@H](O)[C@@H]1O. The van der Waals surface area contributed by atoms with E-state index in [1.807, 2.05) is 0 Å². The van der Waals surface area contributed by atoms with Crippen LogP contribution in [0.4, 0.5) is 0 Å². The lowest BCUT2D eigenvalue weighted by atomic mass is 9.80. The highest BCUT2D eigenvalue weighted by Crippen LogP contribution is 2.36. The van der Waals surface area contributed by atoms with Crippen molar-refractivity contribution in [3.05, 3.63) is 35.9 Å². The molecule has 1 aliphatic heterocycles. The third-order valence-electron chi connectivity index (χ3n) is 3.97. The number of aliphatic hydroxyl groups excluding tert-OH is 3. The lowest BCUT2D eigenvalue weighted by Gasteiger charge is -2.45. The van der Waals surface area contributed by atoms with E-state index in [2.05, 4.69) is 4.74 Å². The molecule has 0 radical (unpaired) electrons. The predicted octanol–water partition coefficient (Wildman–Crippen LogP) is -1.08. The molecule has 7 nitrogen and oxygen atoms in total. The number of hydrogen-bond donors (Lipinski definition) is 4. The van der Waals surface area contributed by atoms with Crippen LogP contribution in [0.3, 0.4) is 0 Å². The van der Waals surface area contributed by atoms with E-state index in [1.54, 1.807) is 18.2 Å². The van der Waals surface area contributed by atoms with Crippen LogP contribution >= 0.6 is 0 Å². The minimum absolute atomic E-state index is 0.154. The van der Waals surface area contributed by atoms with Crippen LogP contribution in [0.1, 0.15) is 12.5 Å². The number of carbonyl (C=O) groups excluding carboxylic acids is 1. The lowest BCUT2D eigenvalue weighted by molar-refractivity contribution is -0.265. The first-order chi connectivity index (χ1) is 10.3. The summed E-state index contributed by atoms with van der Waals surface area (Å²) in [5.41, 5.74) is -2.16. The van der Waals surface area contributed by atoms with Crippen LogP contribution in [-0.2, 0) is 19.9 Å². The minimum atomic E-state index is -2.31. The van der Waals surface area contributed by atoms with Crippen LogP contribution in [-0.4, -0.2) is 64.0 Å². The second-order valence-electron chi connectivity index (χ2n) is 5.36. The van der Waals surface area contributed by atoms with Crippen molar-refractivity contribution in [3.63, 3.8) is 0 Å². The molecule has 0 aromatic heterocycles. The standard InChI is InChI=1S/C15H20O7/c1-8-10(16)11(17)12(18)13(22-8)15(20,14(19)21-2)9-6-4-3-5-7-9/h3-8,10-13,16-18,20H,1-2H3/t8-,10-,11-,12+,13+,15-/m1/s1. The Kier molecular flexibility index (Phi) is 4.84. The molecule has 22 heavy (non-hydrogen) atoms. The molecule has 6 atom stereocenters. The van der Waals surface area contributed by atoms with Gasteiger partial charge < -0.3 is 29.9 Å². The Balaban J connectivity index is 2.48. The number of benzene rings is 1. The molecule has 0 unspecified atom stereocenters. The second-order valence-corrected chi connectivity index (χ2v) is 5.36. The van der Waals surface area contributed by atoms with Gasteiger partial charge in [0.15, 0.2) is 0 Å². The highest BCUT2D eigenvalue weighted by molar-refractivity contribution is 5.82. The van der Waals surface area contributed by atoms with Crippen LogP contribution in [0, 0.1) is 0 Å². The van der Waals surface area contributed by atoms with Gasteiger partial charge >= 0.3 is 5.97 Å². The molecule has 1 saturated heterocycles. The fraction of sp³-hybridized carbons (Fsp3) is 0.533. The summed E-state index contributed by atoms with van der Waals surface area (Å²) in [6, 6.07) is 7.87. The van der Waals surface area contributed by atoms with E-state index < -0.39 is 42.1 Å². The largest absolute Gasteiger partial charge is 0.467 e. The third-order valence-corrected chi connectivity index (χ3v) is 3.97. The molecule has 7 heteroatoms. The van der Waals surface area contributed by atoms with Crippen LogP contribution in [0.25, 0.3) is 0 Å². The quantitative estimate of drug-likeness (QED) is 0.524. The van der Waals surface area contributed by atoms with E-state index in [0.29, 0.717) is 0 Å². The van der Waals surface area contributed by atoms with Gasteiger partial charge in [0, 0.05) is 0 Å². The predicted molar refractivity (Wildman–Crippen MR) is 74.7 cm³/mol. The molecule has 1 heterocycles. The van der Waals surface area contributed by atoms with Crippen LogP contribution < -0.4 is 0 Å². The number of rotatable bonds is 3. The summed E-state index contributed by atoms with van der Waals surface area (Å²) in [6.07, 6.45) is -6.94. The highest BCUT2D eigenvalue weighted by Gasteiger charge is 2.56. The maximum Gasteiger partial charge on any atom is 0.345 e. The molecule has 0 amide bonds. The van der Waals surface area contributed by atoms with E-state index in [1.165, 1.54) is 19.1 Å². The fourth-order valence-electron chi connectivity index (χ4n) is 2.64. The van der Waals surface area contributed by atoms with Gasteiger partial charge in [0.05, 0.1) is 13.2 Å². The summed E-state index contributed by atoms with van der Waals surface area (Å²) in [5, 5.41) is 40.7. The van der Waals surface area contributed by atoms with Gasteiger partial charge in [-0.05, 0) is 12.5 Å². The number of hydrogen-bond acceptors (Lipinski definition) is 7. The normalized spacial score (nSPS) is 34.7. The zero-order valence-electron chi connectivity index (χ0n) is 12.3. The van der Waals surface area contributed by atoms with Gasteiger partial charge in [-0.2, -0.15) is 0 Å². The van der Waals surface area contributed by atoms with Crippen molar-refractivity contribution in [1.82, 2.24) is 0 Å². The molecule has 1 aromatic rings. The van der Waals surface area contributed by atoms with Gasteiger partial charge in [-0.25, -0.2) is 4.79 Å². The number of carbonyl (C=O) groups is 1. The van der Waals surface area contributed by atoms with Gasteiger partial charge in [0.2, 0.25) is 5.60 Å². The Labute approximate surface area is 127 Å². The maximum absolute atomic E-state index is 12.2. The average Bonchev–Trinajstić information content (AvgIpc) is 2.55. The van der Waals surface area contributed by atoms with E-state index >= 15 is 0 Å². The molecule has 4 N–H and O–H groups in total. The highest BCUT2D eigenvalue weighted by atomic mass is 16.6. The van der Waals surface area contributed by atoms with Crippen molar-refractivity contribution < 1.29 is 34.7 Å². The van der Waals surface area contributed by atoms with Crippen LogP contribution in [0.2, 0.25) is 0 Å². The van der Waals surface area contributed by atoms with Crippen molar-refractivity contribution >= 4 is 5.97 Å². The molecule has 122 valence electrons. The topological polar surface area (TPSA) is 116 Å². The molecule has 1 aromatic carbocycles. The monoisotopic (exact) mass is 312 g/mol. The Bertz CT molecular complexity index is 520. The second kappa shape index (κ2) is 6.31. The first kappa shape index (κ1) is 16.9. The number of esters is 1. The fourth-order valence-corrected chi connectivity index (χ4v) is 2.64. The van der Waals surface area contributed by atoms with Gasteiger partial charge in [0.25, 0.3) is 0 Å². The van der Waals surface area contributed by atoms with Gasteiger partial charge in [0.1, 0.15) is 24.4 Å². The molecule has 0 saturated carbocycles. The van der Waals surface area contributed by atoms with Crippen molar-refractivity contribution in [2.75, 3.05) is 7.11 Å². The molecule has 0 spiro atoms. The van der Waals surface area contributed by atoms with E-state index in [9.17, 15) is 25.2 Å². The molecule has 0 bridgehead atoms. The third kappa shape index (κ3) is 2.62. The summed E-state index contributed by atoms with van der Waals surface area (Å²) < 4.78 is 10.1. The molecule has 2 rings (SSSR count). The summed E-state index contributed by atoms with van der Waals surface area (Å²) in [6.45, 7) is 1.47. The molecule has 0 aliphatic carbocycles. The maximum atomic E-state index is 12.2. The molecular formula is C15H20O7. The number of aliphatic hydroxyl groups is 4. The van der Waals surface area contributed by atoms with Crippen molar-refractivity contribution in [2.24, 2.45) is 0 Å². The van der Waals surface area contributed by atoms with Gasteiger partial charge in [-0.15, -0.1) is 0 Å². The smallest absolute Gasteiger partial charge is 0.345 e. The Morgan fingerprint density at radius 1 is 1.14 bits per heavy atom. The lowest BCUT2D eigenvalue weighted by Crippen LogP contribution is -2.65. The van der Waals surface area contributed by atoms with Crippen molar-refractivity contribution in [3.8, 4) is 0 Å². The first-order valence-electron chi connectivity index (χ1n) is 6.90. The van der Waals surface area contributed by atoms with Crippen molar-refractivity contribution in [2.45, 2.75) is 43.0 Å².